The molecule has 1 aromatic carbocycles. The van der Waals surface area contributed by atoms with E-state index in [1.807, 2.05) is 6.07 Å². The summed E-state index contributed by atoms with van der Waals surface area (Å²) in [7, 11) is 0. The fourth-order valence-electron chi connectivity index (χ4n) is 2.83. The Bertz CT molecular complexity index is 733. The molecule has 0 saturated carbocycles. The molecule has 1 aromatic heterocycles. The molecule has 2 amide bonds. The van der Waals surface area contributed by atoms with E-state index >= 15 is 0 Å². The van der Waals surface area contributed by atoms with Gasteiger partial charge in [0.25, 0.3) is 5.91 Å². The first-order valence-electron chi connectivity index (χ1n) is 7.90. The maximum atomic E-state index is 12.9. The Morgan fingerprint density at radius 1 is 1.21 bits per heavy atom. The number of hydrogen-bond donors (Lipinski definition) is 1. The number of rotatable bonds is 4. The summed E-state index contributed by atoms with van der Waals surface area (Å²) >= 11 is 0. The second-order valence-electron chi connectivity index (χ2n) is 5.78. The van der Waals surface area contributed by atoms with Crippen molar-refractivity contribution in [1.29, 1.82) is 0 Å². The number of primary amides is 1. The summed E-state index contributed by atoms with van der Waals surface area (Å²) < 4.78 is 5.79. The number of carbonyl (C=O) groups excluding carboxylic acids is 2. The largest absolute Gasteiger partial charge is 0.455 e. The minimum atomic E-state index is -0.354. The summed E-state index contributed by atoms with van der Waals surface area (Å²) in [6.07, 6.45) is 4.74. The number of nitrogens with two attached hydrogens (primary N) is 1. The van der Waals surface area contributed by atoms with Crippen molar-refractivity contribution >= 4 is 11.8 Å². The molecule has 1 saturated heterocycles. The normalized spacial score (nSPS) is 17.3. The third-order valence-corrected chi connectivity index (χ3v) is 4.09. The molecule has 0 radical (unpaired) electrons. The highest BCUT2D eigenvalue weighted by Crippen LogP contribution is 2.27. The van der Waals surface area contributed by atoms with Crippen LogP contribution >= 0.6 is 0 Å². The maximum Gasteiger partial charge on any atom is 0.257 e. The number of ether oxygens (including phenoxy) is 1. The van der Waals surface area contributed by atoms with Crippen molar-refractivity contribution in [2.45, 2.75) is 12.8 Å². The van der Waals surface area contributed by atoms with Crippen molar-refractivity contribution in [2.75, 3.05) is 13.1 Å². The van der Waals surface area contributed by atoms with Gasteiger partial charge < -0.3 is 15.4 Å². The van der Waals surface area contributed by atoms with Gasteiger partial charge in [-0.2, -0.15) is 0 Å². The van der Waals surface area contributed by atoms with E-state index in [-0.39, 0.29) is 17.7 Å². The number of para-hydroxylation sites is 1. The lowest BCUT2D eigenvalue weighted by Gasteiger charge is -2.31. The van der Waals surface area contributed by atoms with Crippen molar-refractivity contribution < 1.29 is 14.3 Å². The van der Waals surface area contributed by atoms with E-state index in [2.05, 4.69) is 4.98 Å². The minimum absolute atomic E-state index is 0.152. The number of piperidine rings is 1. The predicted molar refractivity (Wildman–Crippen MR) is 88.6 cm³/mol. The molecule has 2 heterocycles. The van der Waals surface area contributed by atoms with Crippen LogP contribution in [-0.4, -0.2) is 34.8 Å². The summed E-state index contributed by atoms with van der Waals surface area (Å²) in [5.41, 5.74) is 5.86. The van der Waals surface area contributed by atoms with Gasteiger partial charge in [0.05, 0.1) is 17.7 Å². The first kappa shape index (κ1) is 16.0. The van der Waals surface area contributed by atoms with Gasteiger partial charge in [-0.3, -0.25) is 14.6 Å². The average Bonchev–Trinajstić information content (AvgIpc) is 2.62. The van der Waals surface area contributed by atoms with E-state index in [4.69, 9.17) is 10.5 Å². The highest BCUT2D eigenvalue weighted by atomic mass is 16.5. The van der Waals surface area contributed by atoms with Crippen LogP contribution in [-0.2, 0) is 4.79 Å². The van der Waals surface area contributed by atoms with Crippen LogP contribution in [0, 0.1) is 5.92 Å². The van der Waals surface area contributed by atoms with Gasteiger partial charge in [-0.15, -0.1) is 0 Å². The van der Waals surface area contributed by atoms with Crippen LogP contribution in [0.2, 0.25) is 0 Å². The molecule has 1 aliphatic heterocycles. The number of aromatic nitrogens is 1. The standard InChI is InChI=1S/C18H19N3O3/c19-17(22)13-5-4-10-21(12-13)18(23)15-7-1-2-8-16(15)24-14-6-3-9-20-11-14/h1-3,6-9,11,13H,4-5,10,12H2,(H2,19,22)/t13-/m0/s1. The molecule has 2 aromatic rings. The molecule has 6 nitrogen and oxygen atoms in total. The Balaban J connectivity index is 1.81. The van der Waals surface area contributed by atoms with Gasteiger partial charge >= 0.3 is 0 Å². The second-order valence-corrected chi connectivity index (χ2v) is 5.78. The zero-order valence-electron chi connectivity index (χ0n) is 13.2. The Hall–Kier alpha value is -2.89. The fourth-order valence-corrected chi connectivity index (χ4v) is 2.83. The van der Waals surface area contributed by atoms with Crippen molar-refractivity contribution in [3.63, 3.8) is 0 Å². The Labute approximate surface area is 140 Å². The van der Waals surface area contributed by atoms with Gasteiger partial charge in [0.2, 0.25) is 5.91 Å². The van der Waals surface area contributed by atoms with Crippen LogP contribution in [0.4, 0.5) is 0 Å². The number of amides is 2. The Morgan fingerprint density at radius 3 is 2.79 bits per heavy atom. The van der Waals surface area contributed by atoms with E-state index in [0.29, 0.717) is 30.2 Å². The van der Waals surface area contributed by atoms with Gasteiger partial charge in [-0.25, -0.2) is 0 Å². The van der Waals surface area contributed by atoms with Crippen molar-refractivity contribution in [3.8, 4) is 11.5 Å². The van der Waals surface area contributed by atoms with Gasteiger partial charge in [0.1, 0.15) is 11.5 Å². The first-order chi connectivity index (χ1) is 11.6. The minimum Gasteiger partial charge on any atom is -0.455 e. The number of hydrogen-bond acceptors (Lipinski definition) is 4. The average molecular weight is 325 g/mol. The lowest BCUT2D eigenvalue weighted by molar-refractivity contribution is -0.123. The lowest BCUT2D eigenvalue weighted by Crippen LogP contribution is -2.44. The SMILES string of the molecule is NC(=O)[C@H]1CCCN(C(=O)c2ccccc2Oc2cccnc2)C1. The molecule has 6 heteroatoms. The number of pyridine rings is 1. The van der Waals surface area contributed by atoms with Gasteiger partial charge in [0, 0.05) is 19.3 Å². The van der Waals surface area contributed by atoms with Crippen LogP contribution in [0.1, 0.15) is 23.2 Å². The first-order valence-corrected chi connectivity index (χ1v) is 7.90. The third-order valence-electron chi connectivity index (χ3n) is 4.09. The van der Waals surface area contributed by atoms with Gasteiger partial charge in [-0.05, 0) is 37.1 Å². The Morgan fingerprint density at radius 2 is 2.04 bits per heavy atom. The van der Waals surface area contributed by atoms with E-state index < -0.39 is 0 Å². The summed E-state index contributed by atoms with van der Waals surface area (Å²) in [5.74, 6) is 0.241. The van der Waals surface area contributed by atoms with Gasteiger partial charge in [-0.1, -0.05) is 12.1 Å². The monoisotopic (exact) mass is 325 g/mol. The van der Waals surface area contributed by atoms with E-state index in [0.717, 1.165) is 12.8 Å². The van der Waals surface area contributed by atoms with E-state index in [1.165, 1.54) is 0 Å². The summed E-state index contributed by atoms with van der Waals surface area (Å²) in [4.78, 5) is 30.0. The lowest BCUT2D eigenvalue weighted by atomic mass is 9.97. The zero-order chi connectivity index (χ0) is 16.9. The number of likely N-dealkylation sites (tertiary alicyclic amines) is 1. The smallest absolute Gasteiger partial charge is 0.257 e. The molecule has 2 N–H and O–H groups in total. The Kier molecular flexibility index (Phi) is 4.74. The van der Waals surface area contributed by atoms with Crippen LogP contribution < -0.4 is 10.5 Å². The summed E-state index contributed by atoms with van der Waals surface area (Å²) in [6, 6.07) is 10.6. The highest BCUT2D eigenvalue weighted by molar-refractivity contribution is 5.97. The third kappa shape index (κ3) is 3.53. The number of carbonyl (C=O) groups is 2. The van der Waals surface area contributed by atoms with Crippen LogP contribution in [0.3, 0.4) is 0 Å². The molecule has 0 aliphatic carbocycles. The van der Waals surface area contributed by atoms with Crippen LogP contribution in [0.15, 0.2) is 48.8 Å². The summed E-state index contributed by atoms with van der Waals surface area (Å²) in [5, 5.41) is 0. The predicted octanol–water partition coefficient (Wildman–Crippen LogP) is 2.21. The molecule has 0 bridgehead atoms. The second kappa shape index (κ2) is 7.12. The van der Waals surface area contributed by atoms with Crippen LogP contribution in [0.25, 0.3) is 0 Å². The van der Waals surface area contributed by atoms with Gasteiger partial charge in [0.15, 0.2) is 0 Å². The molecule has 24 heavy (non-hydrogen) atoms. The van der Waals surface area contributed by atoms with E-state index in [9.17, 15) is 9.59 Å². The zero-order valence-corrected chi connectivity index (χ0v) is 13.2. The number of nitrogens with zero attached hydrogens (tertiary/aromatic N) is 2. The summed E-state index contributed by atoms with van der Waals surface area (Å²) in [6.45, 7) is 0.971. The molecule has 0 spiro atoms. The highest BCUT2D eigenvalue weighted by Gasteiger charge is 2.28. The molecule has 3 rings (SSSR count). The van der Waals surface area contributed by atoms with Crippen LogP contribution in [0.5, 0.6) is 11.5 Å². The van der Waals surface area contributed by atoms with Crippen molar-refractivity contribution in [1.82, 2.24) is 9.88 Å². The van der Waals surface area contributed by atoms with Crippen molar-refractivity contribution in [3.05, 3.63) is 54.4 Å². The topological polar surface area (TPSA) is 85.5 Å². The molecule has 1 aliphatic rings. The molecule has 0 unspecified atom stereocenters. The van der Waals surface area contributed by atoms with Crippen molar-refractivity contribution in [2.24, 2.45) is 11.7 Å². The maximum absolute atomic E-state index is 12.9. The molecule has 124 valence electrons. The molecule has 1 fully saturated rings. The number of benzene rings is 1. The fraction of sp³-hybridized carbons (Fsp3) is 0.278. The quantitative estimate of drug-likeness (QED) is 0.934. The molecule has 1 atom stereocenters. The van der Waals surface area contributed by atoms with E-state index in [1.54, 1.807) is 47.6 Å². The molecular formula is C18H19N3O3. The molecular weight excluding hydrogens is 306 g/mol.